The Balaban J connectivity index is 2.00. The van der Waals surface area contributed by atoms with E-state index >= 15 is 0 Å². The number of nitrogen functional groups attached to an aromatic ring is 1. The van der Waals surface area contributed by atoms with Gasteiger partial charge in [-0.05, 0) is 22.9 Å². The molecule has 0 spiro atoms. The van der Waals surface area contributed by atoms with E-state index in [2.05, 4.69) is 37.8 Å². The van der Waals surface area contributed by atoms with E-state index in [0.717, 1.165) is 22.6 Å². The molecule has 0 aromatic carbocycles. The van der Waals surface area contributed by atoms with Gasteiger partial charge in [-0.1, -0.05) is 6.07 Å². The van der Waals surface area contributed by atoms with Crippen molar-refractivity contribution in [3.8, 4) is 0 Å². The number of nitrogens with zero attached hydrogens (tertiary/aromatic N) is 3. The number of rotatable bonds is 4. The van der Waals surface area contributed by atoms with Crippen LogP contribution in [0.4, 0.5) is 11.8 Å². The Morgan fingerprint density at radius 2 is 2.16 bits per heavy atom. The smallest absolute Gasteiger partial charge is 0.239 e. The third kappa shape index (κ3) is 2.40. The molecule has 0 aliphatic rings. The molecule has 0 unspecified atom stereocenters. The van der Waals surface area contributed by atoms with Gasteiger partial charge in [-0.15, -0.1) is 22.7 Å². The van der Waals surface area contributed by atoms with Crippen LogP contribution in [0.25, 0.3) is 10.2 Å². The number of thiophene rings is 2. The van der Waals surface area contributed by atoms with Gasteiger partial charge in [0, 0.05) is 11.9 Å². The van der Waals surface area contributed by atoms with Crippen LogP contribution in [0.1, 0.15) is 4.88 Å². The molecule has 5 nitrogen and oxygen atoms in total. The molecule has 0 saturated carbocycles. The number of aromatic nitrogens is 2. The highest BCUT2D eigenvalue weighted by Gasteiger charge is 2.13. The molecule has 3 rings (SSSR count). The van der Waals surface area contributed by atoms with Crippen molar-refractivity contribution in [2.45, 2.75) is 6.54 Å². The van der Waals surface area contributed by atoms with E-state index < -0.39 is 0 Å². The van der Waals surface area contributed by atoms with Gasteiger partial charge >= 0.3 is 0 Å². The fourth-order valence-electron chi connectivity index (χ4n) is 1.88. The first-order chi connectivity index (χ1) is 9.28. The van der Waals surface area contributed by atoms with Gasteiger partial charge in [-0.2, -0.15) is 4.98 Å². The van der Waals surface area contributed by atoms with Gasteiger partial charge in [0.2, 0.25) is 5.95 Å². The van der Waals surface area contributed by atoms with E-state index in [-0.39, 0.29) is 0 Å². The minimum Gasteiger partial charge on any atom is -0.353 e. The predicted molar refractivity (Wildman–Crippen MR) is 81.7 cm³/mol. The molecule has 3 aromatic rings. The Labute approximate surface area is 118 Å². The van der Waals surface area contributed by atoms with E-state index in [9.17, 15) is 0 Å². The maximum atomic E-state index is 5.43. The van der Waals surface area contributed by atoms with Crippen molar-refractivity contribution < 1.29 is 0 Å². The molecule has 0 amide bonds. The van der Waals surface area contributed by atoms with E-state index in [1.54, 1.807) is 22.7 Å². The minimum atomic E-state index is 0.443. The van der Waals surface area contributed by atoms with Crippen LogP contribution in [-0.4, -0.2) is 17.0 Å². The Morgan fingerprint density at radius 3 is 2.89 bits per heavy atom. The van der Waals surface area contributed by atoms with Crippen LogP contribution in [0.3, 0.4) is 0 Å². The van der Waals surface area contributed by atoms with Crippen LogP contribution >= 0.6 is 22.7 Å². The average Bonchev–Trinajstić information content (AvgIpc) is 3.07. The van der Waals surface area contributed by atoms with Gasteiger partial charge in [0.05, 0.1) is 16.8 Å². The van der Waals surface area contributed by atoms with Crippen molar-refractivity contribution in [2.24, 2.45) is 5.84 Å². The molecule has 0 fully saturated rings. The van der Waals surface area contributed by atoms with Crippen LogP contribution in [0, 0.1) is 0 Å². The fourth-order valence-corrected chi connectivity index (χ4v) is 3.51. The summed E-state index contributed by atoms with van der Waals surface area (Å²) in [6.45, 7) is 0.825. The van der Waals surface area contributed by atoms with E-state index in [4.69, 9.17) is 5.84 Å². The van der Waals surface area contributed by atoms with Gasteiger partial charge < -0.3 is 4.90 Å². The van der Waals surface area contributed by atoms with Crippen molar-refractivity contribution in [3.63, 3.8) is 0 Å². The lowest BCUT2D eigenvalue weighted by atomic mass is 10.4. The number of fused-ring (bicyclic) bond motifs is 1. The second-order valence-electron chi connectivity index (χ2n) is 4.09. The van der Waals surface area contributed by atoms with Crippen molar-refractivity contribution in [1.29, 1.82) is 0 Å². The summed E-state index contributed by atoms with van der Waals surface area (Å²) < 4.78 is 1.08. The normalized spacial score (nSPS) is 10.8. The maximum Gasteiger partial charge on any atom is 0.239 e. The lowest BCUT2D eigenvalue weighted by molar-refractivity contribution is 0.916. The maximum absolute atomic E-state index is 5.43. The number of hydrazine groups is 1. The van der Waals surface area contributed by atoms with Crippen LogP contribution in [0.2, 0.25) is 0 Å². The summed E-state index contributed by atoms with van der Waals surface area (Å²) in [7, 11) is 2.03. The van der Waals surface area contributed by atoms with Crippen LogP contribution in [0.15, 0.2) is 29.0 Å². The molecule has 0 aliphatic carbocycles. The predicted octanol–water partition coefficient (Wildman–Crippen LogP) is 2.67. The second kappa shape index (κ2) is 5.12. The third-order valence-electron chi connectivity index (χ3n) is 2.75. The first kappa shape index (κ1) is 12.3. The molecule has 98 valence electrons. The first-order valence-corrected chi connectivity index (χ1v) is 7.49. The third-order valence-corrected chi connectivity index (χ3v) is 4.51. The highest BCUT2D eigenvalue weighted by Crippen LogP contribution is 2.30. The molecule has 0 aliphatic heterocycles. The fraction of sp³-hybridized carbons (Fsp3) is 0.167. The van der Waals surface area contributed by atoms with Crippen molar-refractivity contribution in [1.82, 2.24) is 9.97 Å². The molecule has 0 radical (unpaired) electrons. The van der Waals surface area contributed by atoms with Gasteiger partial charge in [0.25, 0.3) is 0 Å². The standard InChI is InChI=1S/C12H13N5S2/c1-17(7-8-3-2-5-18-8)11-10-9(4-6-19-10)14-12(15-11)16-13/h2-6H,7,13H2,1H3,(H,14,15,16). The van der Waals surface area contributed by atoms with Gasteiger partial charge in [-0.3, -0.25) is 5.43 Å². The van der Waals surface area contributed by atoms with Crippen LogP contribution in [0.5, 0.6) is 0 Å². The quantitative estimate of drug-likeness (QED) is 0.571. The number of hydrogen-bond donors (Lipinski definition) is 2. The highest BCUT2D eigenvalue weighted by molar-refractivity contribution is 7.17. The molecule has 3 aromatic heterocycles. The van der Waals surface area contributed by atoms with Crippen LogP contribution < -0.4 is 16.2 Å². The van der Waals surface area contributed by atoms with Crippen LogP contribution in [-0.2, 0) is 6.54 Å². The van der Waals surface area contributed by atoms with Gasteiger partial charge in [0.15, 0.2) is 5.82 Å². The Morgan fingerprint density at radius 1 is 1.26 bits per heavy atom. The summed E-state index contributed by atoms with van der Waals surface area (Å²) in [5, 5.41) is 4.10. The van der Waals surface area contributed by atoms with Crippen molar-refractivity contribution in [3.05, 3.63) is 33.8 Å². The monoisotopic (exact) mass is 291 g/mol. The molecule has 3 N–H and O–H groups in total. The molecule has 3 heterocycles. The van der Waals surface area contributed by atoms with E-state index in [0.29, 0.717) is 5.95 Å². The molecule has 19 heavy (non-hydrogen) atoms. The summed E-state index contributed by atoms with van der Waals surface area (Å²) >= 11 is 3.38. The average molecular weight is 291 g/mol. The Bertz CT molecular complexity index is 677. The Hall–Kier alpha value is -1.70. The number of anilines is 2. The summed E-state index contributed by atoms with van der Waals surface area (Å²) in [6, 6.07) is 6.16. The lowest BCUT2D eigenvalue weighted by Crippen LogP contribution is -2.19. The molecule has 7 heteroatoms. The summed E-state index contributed by atoms with van der Waals surface area (Å²) in [5.74, 6) is 6.77. The highest BCUT2D eigenvalue weighted by atomic mass is 32.1. The summed E-state index contributed by atoms with van der Waals surface area (Å²) in [6.07, 6.45) is 0. The first-order valence-electron chi connectivity index (χ1n) is 5.73. The van der Waals surface area contributed by atoms with E-state index in [1.807, 2.05) is 18.5 Å². The minimum absolute atomic E-state index is 0.443. The van der Waals surface area contributed by atoms with Gasteiger partial charge in [-0.25, -0.2) is 10.8 Å². The Kier molecular flexibility index (Phi) is 3.33. The molecule has 0 bridgehead atoms. The molecular weight excluding hydrogens is 278 g/mol. The zero-order valence-electron chi connectivity index (χ0n) is 10.3. The largest absolute Gasteiger partial charge is 0.353 e. The second-order valence-corrected chi connectivity index (χ2v) is 6.03. The zero-order valence-corrected chi connectivity index (χ0v) is 12.0. The number of nitrogens with two attached hydrogens (primary N) is 1. The number of nitrogens with one attached hydrogen (secondary N) is 1. The van der Waals surface area contributed by atoms with Crippen molar-refractivity contribution in [2.75, 3.05) is 17.4 Å². The van der Waals surface area contributed by atoms with E-state index in [1.165, 1.54) is 4.88 Å². The SMILES string of the molecule is CN(Cc1cccs1)c1nc(NN)nc2ccsc12. The summed E-state index contributed by atoms with van der Waals surface area (Å²) in [5.41, 5.74) is 3.44. The van der Waals surface area contributed by atoms with Crippen molar-refractivity contribution >= 4 is 44.7 Å². The molecule has 0 saturated heterocycles. The lowest BCUT2D eigenvalue weighted by Gasteiger charge is -2.18. The zero-order chi connectivity index (χ0) is 13.2. The molecular formula is C12H13N5S2. The number of hydrogen-bond acceptors (Lipinski definition) is 7. The molecule has 0 atom stereocenters. The summed E-state index contributed by atoms with van der Waals surface area (Å²) in [4.78, 5) is 12.2. The topological polar surface area (TPSA) is 67.1 Å². The van der Waals surface area contributed by atoms with Gasteiger partial charge in [0.1, 0.15) is 0 Å².